The normalized spacial score (nSPS) is 20.7. The van der Waals surface area contributed by atoms with Gasteiger partial charge in [-0.2, -0.15) is 0 Å². The van der Waals surface area contributed by atoms with Crippen molar-refractivity contribution in [2.75, 3.05) is 26.0 Å². The highest BCUT2D eigenvalue weighted by molar-refractivity contribution is 6.22. The Morgan fingerprint density at radius 1 is 1.04 bits per heavy atom. The topological polar surface area (TPSA) is 18.6 Å². The van der Waals surface area contributed by atoms with Crippen LogP contribution < -0.4 is 4.90 Å². The van der Waals surface area contributed by atoms with Gasteiger partial charge < -0.3 is 4.90 Å². The Balaban J connectivity index is 1.95. The molecule has 0 unspecified atom stereocenters. The Hall–Kier alpha value is -2.42. The number of hydrogen-bond donors (Lipinski definition) is 0. The molecule has 3 heteroatoms. The number of aliphatic imine (C=N–C) groups is 1. The van der Waals surface area contributed by atoms with Gasteiger partial charge in [-0.1, -0.05) is 0 Å². The maximum absolute atomic E-state index is 4.78. The van der Waals surface area contributed by atoms with Crippen molar-refractivity contribution in [2.45, 2.75) is 26.3 Å². The van der Waals surface area contributed by atoms with Crippen LogP contribution in [0.2, 0.25) is 0 Å². The van der Waals surface area contributed by atoms with Gasteiger partial charge in [-0.15, -0.1) is 0 Å². The van der Waals surface area contributed by atoms with Crippen LogP contribution in [0.4, 0.5) is 11.4 Å². The van der Waals surface area contributed by atoms with Crippen molar-refractivity contribution in [3.63, 3.8) is 0 Å². The number of likely N-dealkylation sites (N-methyl/N-ethyl adjacent to an activating group) is 1. The molecule has 1 aromatic rings. The summed E-state index contributed by atoms with van der Waals surface area (Å²) in [5.74, 6) is 0. The van der Waals surface area contributed by atoms with Gasteiger partial charge in [0, 0.05) is 39.7 Å². The molecule has 1 aromatic carbocycles. The van der Waals surface area contributed by atoms with Gasteiger partial charge in [0.05, 0.1) is 17.0 Å². The van der Waals surface area contributed by atoms with Crippen molar-refractivity contribution in [3.05, 3.63) is 59.7 Å². The van der Waals surface area contributed by atoms with E-state index in [9.17, 15) is 0 Å². The van der Waals surface area contributed by atoms with Gasteiger partial charge in [-0.25, -0.2) is 9.57 Å². The van der Waals surface area contributed by atoms with Gasteiger partial charge in [-0.3, -0.25) is 0 Å². The van der Waals surface area contributed by atoms with E-state index in [-0.39, 0.29) is 5.54 Å². The Bertz CT molecular complexity index is 813. The maximum Gasteiger partial charge on any atom is 0.208 e. The van der Waals surface area contributed by atoms with Crippen LogP contribution in [0, 0.1) is 0 Å². The van der Waals surface area contributed by atoms with E-state index in [4.69, 9.17) is 4.99 Å². The third-order valence-electron chi connectivity index (χ3n) is 4.82. The quantitative estimate of drug-likeness (QED) is 0.592. The first-order chi connectivity index (χ1) is 11.3. The third-order valence-corrected chi connectivity index (χ3v) is 4.82. The predicted molar refractivity (Wildman–Crippen MR) is 104 cm³/mol. The molecule has 24 heavy (non-hydrogen) atoms. The number of rotatable bonds is 2. The lowest BCUT2D eigenvalue weighted by Crippen LogP contribution is -2.40. The van der Waals surface area contributed by atoms with E-state index in [2.05, 4.69) is 85.9 Å². The van der Waals surface area contributed by atoms with Gasteiger partial charge >= 0.3 is 0 Å². The molecule has 0 fully saturated rings. The number of anilines is 1. The van der Waals surface area contributed by atoms with Crippen LogP contribution in [0.15, 0.2) is 64.7 Å². The molecule has 0 amide bonds. The predicted octanol–water partition coefficient (Wildman–Crippen LogP) is 4.14. The van der Waals surface area contributed by atoms with E-state index in [1.807, 2.05) is 14.1 Å². The van der Waals surface area contributed by atoms with E-state index in [0.29, 0.717) is 0 Å². The van der Waals surface area contributed by atoms with E-state index in [1.165, 1.54) is 22.5 Å². The second-order valence-electron chi connectivity index (χ2n) is 7.26. The summed E-state index contributed by atoms with van der Waals surface area (Å²) in [6, 6.07) is 8.32. The molecule has 0 radical (unpaired) electrons. The number of allylic oxidation sites excluding steroid dienone is 5. The summed E-state index contributed by atoms with van der Waals surface area (Å²) in [6.45, 7) is 6.66. The van der Waals surface area contributed by atoms with Gasteiger partial charge in [0.25, 0.3) is 0 Å². The molecule has 1 aliphatic carbocycles. The van der Waals surface area contributed by atoms with Crippen LogP contribution in [0.25, 0.3) is 0 Å². The van der Waals surface area contributed by atoms with E-state index >= 15 is 0 Å². The number of fused-ring (bicyclic) bond motifs is 1. The molecule has 2 aliphatic rings. The van der Waals surface area contributed by atoms with E-state index in [0.717, 1.165) is 11.4 Å². The molecular formula is C21H26N3+. The third kappa shape index (κ3) is 2.99. The van der Waals surface area contributed by atoms with Crippen LogP contribution >= 0.6 is 0 Å². The minimum Gasteiger partial charge on any atom is -0.378 e. The second kappa shape index (κ2) is 5.90. The van der Waals surface area contributed by atoms with Crippen LogP contribution in [-0.4, -0.2) is 42.7 Å². The first-order valence-electron chi connectivity index (χ1n) is 8.35. The Kier molecular flexibility index (Phi) is 4.04. The SMILES string of the molecule is CC1=CC(C)(C)[N+](C)=C2C=CC(=Nc3ccc(N(C)C)cc3)C=C12. The van der Waals surface area contributed by atoms with Crippen molar-refractivity contribution in [2.24, 2.45) is 4.99 Å². The highest BCUT2D eigenvalue weighted by Crippen LogP contribution is 2.28. The number of nitrogens with zero attached hydrogens (tertiary/aromatic N) is 3. The first-order valence-corrected chi connectivity index (χ1v) is 8.35. The molecule has 0 aromatic heterocycles. The fourth-order valence-corrected chi connectivity index (χ4v) is 3.19. The minimum absolute atomic E-state index is 0.0394. The molecule has 1 heterocycles. The Morgan fingerprint density at radius 2 is 1.71 bits per heavy atom. The van der Waals surface area contributed by atoms with Crippen LogP contribution in [0.1, 0.15) is 20.8 Å². The molecule has 1 aliphatic heterocycles. The molecule has 124 valence electrons. The highest BCUT2D eigenvalue weighted by Gasteiger charge is 2.35. The zero-order valence-corrected chi connectivity index (χ0v) is 15.5. The van der Waals surface area contributed by atoms with Gasteiger partial charge in [0.1, 0.15) is 7.05 Å². The monoisotopic (exact) mass is 320 g/mol. The molecule has 3 rings (SSSR count). The van der Waals surface area contributed by atoms with Crippen molar-refractivity contribution < 1.29 is 4.58 Å². The fraction of sp³-hybridized carbons (Fsp3) is 0.333. The summed E-state index contributed by atoms with van der Waals surface area (Å²) in [7, 11) is 6.24. The maximum atomic E-state index is 4.78. The Morgan fingerprint density at radius 3 is 2.33 bits per heavy atom. The summed E-state index contributed by atoms with van der Waals surface area (Å²) >= 11 is 0. The molecule has 0 spiro atoms. The molecule has 0 atom stereocenters. The van der Waals surface area contributed by atoms with Gasteiger partial charge in [0.15, 0.2) is 5.54 Å². The van der Waals surface area contributed by atoms with Crippen molar-refractivity contribution in [3.8, 4) is 0 Å². The van der Waals surface area contributed by atoms with Crippen LogP contribution in [0.3, 0.4) is 0 Å². The van der Waals surface area contributed by atoms with Gasteiger partial charge in [0.2, 0.25) is 5.71 Å². The van der Waals surface area contributed by atoms with Crippen molar-refractivity contribution >= 4 is 22.8 Å². The first kappa shape index (κ1) is 16.4. The molecule has 0 saturated heterocycles. The summed E-state index contributed by atoms with van der Waals surface area (Å²) in [5.41, 5.74) is 7.04. The molecule has 0 N–H and O–H groups in total. The zero-order valence-electron chi connectivity index (χ0n) is 15.5. The average Bonchev–Trinajstić information content (AvgIpc) is 2.53. The Labute approximate surface area is 145 Å². The molecule has 0 saturated carbocycles. The smallest absolute Gasteiger partial charge is 0.208 e. The van der Waals surface area contributed by atoms with Crippen LogP contribution in [-0.2, 0) is 0 Å². The summed E-state index contributed by atoms with van der Waals surface area (Å²) in [6.07, 6.45) is 8.79. The second-order valence-corrected chi connectivity index (χ2v) is 7.26. The van der Waals surface area contributed by atoms with Crippen molar-refractivity contribution in [1.29, 1.82) is 0 Å². The summed E-state index contributed by atoms with van der Waals surface area (Å²) in [4.78, 5) is 6.87. The number of benzene rings is 1. The largest absolute Gasteiger partial charge is 0.378 e. The minimum atomic E-state index is 0.0394. The van der Waals surface area contributed by atoms with E-state index < -0.39 is 0 Å². The fourth-order valence-electron chi connectivity index (χ4n) is 3.19. The molecule has 3 nitrogen and oxygen atoms in total. The summed E-state index contributed by atoms with van der Waals surface area (Å²) in [5, 5.41) is 0. The lowest BCUT2D eigenvalue weighted by atomic mass is 9.86. The average molecular weight is 320 g/mol. The number of hydrogen-bond acceptors (Lipinski definition) is 2. The highest BCUT2D eigenvalue weighted by atomic mass is 15.1. The van der Waals surface area contributed by atoms with Crippen molar-refractivity contribution in [1.82, 2.24) is 0 Å². The van der Waals surface area contributed by atoms with E-state index in [1.54, 1.807) is 0 Å². The van der Waals surface area contributed by atoms with Crippen LogP contribution in [0.5, 0.6) is 0 Å². The molecule has 0 bridgehead atoms. The lowest BCUT2D eigenvalue weighted by molar-refractivity contribution is -0.561. The summed E-state index contributed by atoms with van der Waals surface area (Å²) < 4.78 is 2.32. The zero-order chi connectivity index (χ0) is 17.5. The lowest BCUT2D eigenvalue weighted by Gasteiger charge is -2.26. The standard InChI is InChI=1S/C21H26N3/c1-15-14-21(2,3)24(6)20-12-9-17(13-19(15)20)22-16-7-10-18(11-8-16)23(4)5/h7-14H,1-6H3/q+1. The van der Waals surface area contributed by atoms with Gasteiger partial charge in [-0.05, 0) is 55.0 Å². The molecular weight excluding hydrogens is 294 g/mol.